The number of alkyl halides is 5. The number of fused-ring (bicyclic) bond motifs is 6. The van der Waals surface area contributed by atoms with Crippen molar-refractivity contribution in [3.63, 3.8) is 0 Å². The summed E-state index contributed by atoms with van der Waals surface area (Å²) in [6, 6.07) is 0. The van der Waals surface area contributed by atoms with E-state index in [0.29, 0.717) is 34.6 Å². The number of halogens is 3. The predicted octanol–water partition coefficient (Wildman–Crippen LogP) is 5.29. The van der Waals surface area contributed by atoms with Crippen LogP contribution in [0.4, 0.5) is 0 Å². The average molecular weight is 736 g/mol. The number of rotatable bonds is 2. The van der Waals surface area contributed by atoms with Gasteiger partial charge in [-0.3, -0.25) is 0 Å². The molecule has 1 heterocycles. The molecule has 0 aromatic carbocycles. The maximum atomic E-state index is 12.3. The average Bonchev–Trinajstić information content (AvgIpc) is 3.29. The van der Waals surface area contributed by atoms with Crippen molar-refractivity contribution in [1.82, 2.24) is 0 Å². The normalized spacial score (nSPS) is 51.5. The van der Waals surface area contributed by atoms with E-state index in [-0.39, 0.29) is 24.5 Å². The fraction of sp³-hybridized carbons (Fsp3) is 0.783. The quantitative estimate of drug-likeness (QED) is 0.239. The van der Waals surface area contributed by atoms with Gasteiger partial charge in [0.15, 0.2) is 0 Å². The van der Waals surface area contributed by atoms with Crippen molar-refractivity contribution in [2.45, 2.75) is 61.3 Å². The van der Waals surface area contributed by atoms with E-state index in [1.165, 1.54) is 5.57 Å². The van der Waals surface area contributed by atoms with E-state index in [2.05, 4.69) is 67.2 Å². The van der Waals surface area contributed by atoms with Gasteiger partial charge in [0, 0.05) is 0 Å². The first kappa shape index (κ1) is 22.1. The molecule has 5 rings (SSSR count). The number of allylic oxidation sites excluding steroid dienone is 1. The molecule has 162 valence electrons. The van der Waals surface area contributed by atoms with Gasteiger partial charge in [0.1, 0.15) is 0 Å². The van der Waals surface area contributed by atoms with E-state index in [4.69, 9.17) is 4.74 Å². The summed E-state index contributed by atoms with van der Waals surface area (Å²) >= 11 is 4.48. The van der Waals surface area contributed by atoms with Gasteiger partial charge in [-0.25, -0.2) is 0 Å². The first-order valence-corrected chi connectivity index (χ1v) is 18.5. The van der Waals surface area contributed by atoms with Gasteiger partial charge in [0.2, 0.25) is 0 Å². The van der Waals surface area contributed by atoms with E-state index < -0.39 is 19.8 Å². The fourth-order valence-corrected chi connectivity index (χ4v) is 19.0. The molecule has 1 N–H and O–H groups in total. The van der Waals surface area contributed by atoms with Crippen molar-refractivity contribution in [2.24, 2.45) is 17.3 Å². The molecule has 0 radical (unpaired) electrons. The number of carbonyl (C=O) groups excluding carboxylic acids is 1. The molecule has 1 aliphatic heterocycles. The Labute approximate surface area is 208 Å². The molecule has 5 aliphatic rings. The molecule has 1 spiro atoms. The van der Waals surface area contributed by atoms with Crippen LogP contribution in [0.15, 0.2) is 23.8 Å². The van der Waals surface area contributed by atoms with Crippen LogP contribution in [0.25, 0.3) is 0 Å². The van der Waals surface area contributed by atoms with Crippen LogP contribution >= 0.6 is 65.0 Å². The molecule has 0 aromatic heterocycles. The minimum atomic E-state index is -1.17. The van der Waals surface area contributed by atoms with Crippen LogP contribution in [0.5, 0.6) is 0 Å². The molecule has 3 nitrogen and oxygen atoms in total. The molecule has 0 aromatic rings. The Bertz CT molecular complexity index is 794. The van der Waals surface area contributed by atoms with E-state index in [1.807, 2.05) is 6.08 Å². The zero-order chi connectivity index (χ0) is 20.7. The Hall–Kier alpha value is 1.26. The summed E-state index contributed by atoms with van der Waals surface area (Å²) in [7, 11) is 0. The van der Waals surface area contributed by atoms with Crippen LogP contribution in [0, 0.1) is 17.3 Å². The monoisotopic (exact) mass is 736 g/mol. The van der Waals surface area contributed by atoms with Gasteiger partial charge in [-0.1, -0.05) is 0 Å². The van der Waals surface area contributed by atoms with Gasteiger partial charge in [0.05, 0.1) is 0 Å². The first-order chi connectivity index (χ1) is 13.7. The summed E-state index contributed by atoms with van der Waals surface area (Å²) in [6.07, 6.45) is 13.7. The van der Waals surface area contributed by atoms with Crippen LogP contribution in [-0.2, 0) is 9.53 Å². The summed E-state index contributed by atoms with van der Waals surface area (Å²) in [5.74, 6) is 1.43. The molecule has 0 bridgehead atoms. The molecular formula is C23H31I3O3. The van der Waals surface area contributed by atoms with Crippen molar-refractivity contribution in [1.29, 1.82) is 0 Å². The van der Waals surface area contributed by atoms with E-state index in [1.54, 1.807) is 0 Å². The van der Waals surface area contributed by atoms with Crippen LogP contribution in [-0.4, -0.2) is 50.3 Å². The van der Waals surface area contributed by atoms with Gasteiger partial charge in [0.25, 0.3) is 0 Å². The topological polar surface area (TPSA) is 46.5 Å². The Balaban J connectivity index is 1.66. The number of ketones is 1. The Morgan fingerprint density at radius 2 is 1.97 bits per heavy atom. The molecule has 6 heteroatoms. The number of aliphatic hydroxyl groups is 1. The molecular weight excluding hydrogens is 705 g/mol. The van der Waals surface area contributed by atoms with Gasteiger partial charge in [-0.05, 0) is 0 Å². The third-order valence-electron chi connectivity index (χ3n) is 8.93. The van der Waals surface area contributed by atoms with Gasteiger partial charge in [-0.15, -0.1) is 0 Å². The fourth-order valence-electron chi connectivity index (χ4n) is 7.68. The molecule has 3 saturated carbocycles. The van der Waals surface area contributed by atoms with Crippen molar-refractivity contribution >= 4 is 70.8 Å². The van der Waals surface area contributed by atoms with Crippen LogP contribution in [0.2, 0.25) is 0 Å². The van der Waals surface area contributed by atoms with Crippen LogP contribution in [0.3, 0.4) is 0 Å². The third-order valence-corrected chi connectivity index (χ3v) is 18.8. The molecule has 0 amide bonds. The molecule has 29 heavy (non-hydrogen) atoms. The molecule has 3 fully saturated rings. The van der Waals surface area contributed by atoms with E-state index in [9.17, 15) is 9.90 Å². The molecule has 0 saturated heterocycles. The zero-order valence-corrected chi connectivity index (χ0v) is 23.7. The maximum absolute atomic E-state index is 12.3. The van der Waals surface area contributed by atoms with Crippen molar-refractivity contribution < 1.29 is 14.6 Å². The number of hydrogen-bond donors (Lipinski definition) is 1. The number of ether oxygens (including phenoxy) is 1. The summed E-state index contributed by atoms with van der Waals surface area (Å²) in [5, 5.41) is 10.9. The predicted molar refractivity (Wildman–Crippen MR) is 143 cm³/mol. The summed E-state index contributed by atoms with van der Waals surface area (Å²) < 4.78 is 7.43. The van der Waals surface area contributed by atoms with Crippen LogP contribution in [0.1, 0.15) is 44.9 Å². The summed E-state index contributed by atoms with van der Waals surface area (Å²) in [5.41, 5.74) is 1.06. The molecule has 7 atom stereocenters. The summed E-state index contributed by atoms with van der Waals surface area (Å²) in [6.45, 7) is 0.935. The van der Waals surface area contributed by atoms with Crippen molar-refractivity contribution in [3.8, 4) is 0 Å². The minimum absolute atomic E-state index is 0.124. The van der Waals surface area contributed by atoms with Gasteiger partial charge in [-0.2, -0.15) is 0 Å². The number of carbonyl (C=O) groups is 1. The second-order valence-electron chi connectivity index (χ2n) is 9.91. The van der Waals surface area contributed by atoms with Crippen LogP contribution < -0.4 is 0 Å². The Morgan fingerprint density at radius 1 is 1.21 bits per heavy atom. The van der Waals surface area contributed by atoms with Gasteiger partial charge < -0.3 is 0 Å². The molecule has 4 aliphatic carbocycles. The summed E-state index contributed by atoms with van der Waals surface area (Å²) in [4.78, 5) is 17.3. The second-order valence-corrected chi connectivity index (χ2v) is 19.9. The first-order valence-electron chi connectivity index (χ1n) is 10.8. The van der Waals surface area contributed by atoms with E-state index in [0.717, 1.165) is 38.5 Å². The van der Waals surface area contributed by atoms with E-state index >= 15 is 0 Å². The zero-order valence-electron chi connectivity index (χ0n) is 17.2. The van der Waals surface area contributed by atoms with Crippen molar-refractivity contribution in [3.05, 3.63) is 23.8 Å². The van der Waals surface area contributed by atoms with Crippen molar-refractivity contribution in [2.75, 3.05) is 23.1 Å². The Kier molecular flexibility index (Phi) is 5.62. The number of hydrogen-bond acceptors (Lipinski definition) is 3. The Morgan fingerprint density at radius 3 is 2.62 bits per heavy atom. The third kappa shape index (κ3) is 2.79. The number of aliphatic hydroxyl groups excluding tert-OH is 1. The SMILES string of the molecule is CI(C)C1CC2=CC(=O)CCC2(I)C2CCC3(CO)C(CC[C@@]34C=CCO4)C12I. The van der Waals surface area contributed by atoms with Gasteiger partial charge >= 0.3 is 211 Å². The second kappa shape index (κ2) is 7.38. The molecule has 6 unspecified atom stereocenters. The standard InChI is InChI=1S/C23H31I3O3/c1-26(2)19-13-15-12-16(28)4-10-22(15,24)18-5-8-20(14-27)17(23(18,19)25)6-9-21(20)7-3-11-29-21/h3,7,12,17-19,27H,4-6,8-11,13-14H2,1-2H3/t17?,18?,19?,20?,21-,22?,23?/m0/s1.